The highest BCUT2D eigenvalue weighted by atomic mass is 16.3. The lowest BCUT2D eigenvalue weighted by Gasteiger charge is -2.34. The molecule has 11 aromatic rings. The molecule has 0 saturated heterocycles. The normalized spacial score (nSPS) is 12.7. The zero-order valence-electron chi connectivity index (χ0n) is 33.4. The number of rotatable bonds is 7. The number of furan rings is 1. The summed E-state index contributed by atoms with van der Waals surface area (Å²) in [5, 5.41) is 4.72. The van der Waals surface area contributed by atoms with Gasteiger partial charge in [-0.15, -0.1) is 0 Å². The van der Waals surface area contributed by atoms with Crippen molar-refractivity contribution in [1.82, 2.24) is 0 Å². The highest BCUT2D eigenvalue weighted by Crippen LogP contribution is 2.56. The Morgan fingerprint density at radius 1 is 0.328 bits per heavy atom. The molecule has 0 radical (unpaired) electrons. The van der Waals surface area contributed by atoms with Crippen LogP contribution in [0.5, 0.6) is 0 Å². The molecule has 0 aliphatic heterocycles. The molecule has 1 aliphatic rings. The standard InChI is InChI=1S/C59H39NO/c1-3-13-40(14-4-1)41-23-31-47(32-24-41)60(48-33-25-42(26-34-48)44-28-37-56-53(39-44)58-50-18-8-7-15-43(50)27-38-57(58)61-56)49-35-29-46(30-36-49)59(45-16-5-2-6-17-45)54-21-11-9-19-51(54)52-20-10-12-22-55(52)59/h1-39H. The molecule has 286 valence electrons. The van der Waals surface area contributed by atoms with Gasteiger partial charge in [-0.05, 0) is 121 Å². The zero-order chi connectivity index (χ0) is 40.3. The largest absolute Gasteiger partial charge is 0.456 e. The summed E-state index contributed by atoms with van der Waals surface area (Å²) in [5.41, 5.74) is 17.0. The van der Waals surface area contributed by atoms with Crippen LogP contribution in [0.3, 0.4) is 0 Å². The van der Waals surface area contributed by atoms with E-state index in [0.29, 0.717) is 0 Å². The average Bonchev–Trinajstić information content (AvgIpc) is 3.87. The second kappa shape index (κ2) is 14.1. The Morgan fingerprint density at radius 3 is 1.46 bits per heavy atom. The van der Waals surface area contributed by atoms with Crippen molar-refractivity contribution in [3.8, 4) is 33.4 Å². The van der Waals surface area contributed by atoms with Crippen molar-refractivity contribution in [3.63, 3.8) is 0 Å². The predicted molar refractivity (Wildman–Crippen MR) is 254 cm³/mol. The molecule has 0 bridgehead atoms. The maximum Gasteiger partial charge on any atom is 0.136 e. The Kier molecular flexibility index (Phi) is 8.11. The predicted octanol–water partition coefficient (Wildman–Crippen LogP) is 15.9. The van der Waals surface area contributed by atoms with E-state index in [9.17, 15) is 0 Å². The molecule has 0 unspecified atom stereocenters. The summed E-state index contributed by atoms with van der Waals surface area (Å²) < 4.78 is 6.34. The summed E-state index contributed by atoms with van der Waals surface area (Å²) in [5.74, 6) is 0. The third kappa shape index (κ3) is 5.57. The van der Waals surface area contributed by atoms with E-state index in [1.54, 1.807) is 0 Å². The fourth-order valence-corrected chi connectivity index (χ4v) is 9.98. The van der Waals surface area contributed by atoms with Crippen LogP contribution in [-0.2, 0) is 5.41 Å². The van der Waals surface area contributed by atoms with Gasteiger partial charge in [-0.25, -0.2) is 0 Å². The molecule has 2 heteroatoms. The number of anilines is 3. The molecule has 61 heavy (non-hydrogen) atoms. The summed E-state index contributed by atoms with van der Waals surface area (Å²) in [6, 6.07) is 86.0. The van der Waals surface area contributed by atoms with Gasteiger partial charge in [0.2, 0.25) is 0 Å². The first-order valence-electron chi connectivity index (χ1n) is 21.0. The van der Waals surface area contributed by atoms with Crippen molar-refractivity contribution in [2.75, 3.05) is 4.90 Å². The minimum absolute atomic E-state index is 0.454. The molecule has 0 saturated carbocycles. The first-order chi connectivity index (χ1) is 30.2. The highest BCUT2D eigenvalue weighted by molar-refractivity contribution is 6.19. The summed E-state index contributed by atoms with van der Waals surface area (Å²) in [6.45, 7) is 0. The Morgan fingerprint density at radius 2 is 0.803 bits per heavy atom. The molecule has 10 aromatic carbocycles. The van der Waals surface area contributed by atoms with Crippen LogP contribution in [0.2, 0.25) is 0 Å². The third-order valence-electron chi connectivity index (χ3n) is 12.8. The van der Waals surface area contributed by atoms with E-state index in [-0.39, 0.29) is 0 Å². The Hall–Kier alpha value is -7.94. The van der Waals surface area contributed by atoms with E-state index in [4.69, 9.17) is 4.42 Å². The lowest BCUT2D eigenvalue weighted by atomic mass is 9.68. The van der Waals surface area contributed by atoms with Crippen molar-refractivity contribution < 1.29 is 4.42 Å². The van der Waals surface area contributed by atoms with Gasteiger partial charge in [0.15, 0.2) is 0 Å². The quantitative estimate of drug-likeness (QED) is 0.160. The van der Waals surface area contributed by atoms with Crippen LogP contribution in [0.25, 0.3) is 66.1 Å². The minimum Gasteiger partial charge on any atom is -0.456 e. The number of nitrogens with zero attached hydrogens (tertiary/aromatic N) is 1. The summed E-state index contributed by atoms with van der Waals surface area (Å²) in [4.78, 5) is 2.37. The number of hydrogen-bond donors (Lipinski definition) is 0. The first kappa shape index (κ1) is 35.0. The summed E-state index contributed by atoms with van der Waals surface area (Å²) in [7, 11) is 0. The van der Waals surface area contributed by atoms with Gasteiger partial charge in [-0.3, -0.25) is 0 Å². The van der Waals surface area contributed by atoms with Crippen LogP contribution in [0, 0.1) is 0 Å². The second-order valence-electron chi connectivity index (χ2n) is 16.0. The summed E-state index contributed by atoms with van der Waals surface area (Å²) >= 11 is 0. The first-order valence-corrected chi connectivity index (χ1v) is 21.0. The SMILES string of the molecule is c1ccc(-c2ccc(N(c3ccc(-c4ccc5oc6ccc7ccccc7c6c5c4)cc3)c3ccc(C4(c5ccccc5)c5ccccc5-c5ccccc54)cc3)cc2)cc1. The Labute approximate surface area is 355 Å². The molecule has 0 atom stereocenters. The van der Waals surface area contributed by atoms with Gasteiger partial charge >= 0.3 is 0 Å². The van der Waals surface area contributed by atoms with Gasteiger partial charge < -0.3 is 9.32 Å². The van der Waals surface area contributed by atoms with Crippen molar-refractivity contribution in [3.05, 3.63) is 259 Å². The molecule has 1 aliphatic carbocycles. The fraction of sp³-hybridized carbons (Fsp3) is 0.0169. The van der Waals surface area contributed by atoms with E-state index < -0.39 is 5.41 Å². The topological polar surface area (TPSA) is 16.4 Å². The van der Waals surface area contributed by atoms with Crippen molar-refractivity contribution in [2.24, 2.45) is 0 Å². The average molecular weight is 778 g/mol. The van der Waals surface area contributed by atoms with Crippen LogP contribution < -0.4 is 4.90 Å². The molecular formula is C59H39NO. The molecule has 1 aromatic heterocycles. The van der Waals surface area contributed by atoms with Crippen LogP contribution in [-0.4, -0.2) is 0 Å². The monoisotopic (exact) mass is 777 g/mol. The number of benzene rings is 10. The van der Waals surface area contributed by atoms with E-state index in [2.05, 4.69) is 241 Å². The highest BCUT2D eigenvalue weighted by Gasteiger charge is 2.45. The Balaban J connectivity index is 0.976. The molecule has 12 rings (SSSR count). The maximum atomic E-state index is 6.34. The lowest BCUT2D eigenvalue weighted by molar-refractivity contribution is 0.669. The maximum absolute atomic E-state index is 6.34. The number of fused-ring (bicyclic) bond motifs is 8. The van der Waals surface area contributed by atoms with Gasteiger partial charge in [0, 0.05) is 27.8 Å². The molecule has 0 fully saturated rings. The van der Waals surface area contributed by atoms with Crippen LogP contribution in [0.1, 0.15) is 22.3 Å². The molecule has 0 N–H and O–H groups in total. The minimum atomic E-state index is -0.454. The smallest absolute Gasteiger partial charge is 0.136 e. The van der Waals surface area contributed by atoms with Crippen LogP contribution in [0.15, 0.2) is 241 Å². The van der Waals surface area contributed by atoms with Gasteiger partial charge in [0.1, 0.15) is 11.2 Å². The Bertz CT molecular complexity index is 3340. The van der Waals surface area contributed by atoms with Gasteiger partial charge in [0.05, 0.1) is 5.41 Å². The van der Waals surface area contributed by atoms with Crippen molar-refractivity contribution in [2.45, 2.75) is 5.41 Å². The summed E-state index contributed by atoms with van der Waals surface area (Å²) in [6.07, 6.45) is 0. The van der Waals surface area contributed by atoms with E-state index in [1.165, 1.54) is 60.7 Å². The van der Waals surface area contributed by atoms with Gasteiger partial charge in [0.25, 0.3) is 0 Å². The molecular weight excluding hydrogens is 739 g/mol. The fourth-order valence-electron chi connectivity index (χ4n) is 9.98. The number of hydrogen-bond acceptors (Lipinski definition) is 2. The van der Waals surface area contributed by atoms with Crippen LogP contribution >= 0.6 is 0 Å². The molecule has 0 amide bonds. The zero-order valence-corrected chi connectivity index (χ0v) is 33.4. The van der Waals surface area contributed by atoms with E-state index in [1.807, 2.05) is 0 Å². The molecule has 1 heterocycles. The van der Waals surface area contributed by atoms with Crippen LogP contribution in [0.4, 0.5) is 17.1 Å². The van der Waals surface area contributed by atoms with E-state index in [0.717, 1.165) is 44.7 Å². The van der Waals surface area contributed by atoms with E-state index >= 15 is 0 Å². The second-order valence-corrected chi connectivity index (χ2v) is 16.0. The molecule has 2 nitrogen and oxygen atoms in total. The van der Waals surface area contributed by atoms with Crippen molar-refractivity contribution >= 4 is 49.8 Å². The third-order valence-corrected chi connectivity index (χ3v) is 12.8. The van der Waals surface area contributed by atoms with Gasteiger partial charge in [-0.2, -0.15) is 0 Å². The van der Waals surface area contributed by atoms with Crippen molar-refractivity contribution in [1.29, 1.82) is 0 Å². The molecule has 0 spiro atoms. The van der Waals surface area contributed by atoms with Gasteiger partial charge in [-0.1, -0.05) is 182 Å². The lowest BCUT2D eigenvalue weighted by Crippen LogP contribution is -2.28.